The van der Waals surface area contributed by atoms with E-state index in [1.165, 1.54) is 33.1 Å². The number of fused-ring (bicyclic) bond motifs is 3. The Morgan fingerprint density at radius 1 is 0.630 bits per heavy atom. The first kappa shape index (κ1) is 15.7. The first-order valence-electron chi connectivity index (χ1n) is 9.20. The number of aromatic nitrogens is 1. The summed E-state index contributed by atoms with van der Waals surface area (Å²) in [6, 6.07) is 34.2. The summed E-state index contributed by atoms with van der Waals surface area (Å²) in [7, 11) is 2.13. The third-order valence-corrected chi connectivity index (χ3v) is 5.23. The van der Waals surface area contributed by atoms with Gasteiger partial charge in [0, 0.05) is 45.8 Å². The van der Waals surface area contributed by atoms with E-state index in [4.69, 9.17) is 0 Å². The van der Waals surface area contributed by atoms with Gasteiger partial charge in [0.2, 0.25) is 0 Å². The number of rotatable bonds is 3. The van der Waals surface area contributed by atoms with E-state index in [2.05, 4.69) is 114 Å². The molecule has 0 unspecified atom stereocenters. The van der Waals surface area contributed by atoms with Crippen molar-refractivity contribution in [1.29, 1.82) is 0 Å². The zero-order valence-corrected chi connectivity index (χ0v) is 15.2. The van der Waals surface area contributed by atoms with Gasteiger partial charge < -0.3 is 9.88 Å². The van der Waals surface area contributed by atoms with E-state index in [9.17, 15) is 0 Å². The number of nitrogens with one attached hydrogen (secondary N) is 1. The highest BCUT2D eigenvalue weighted by Gasteiger charge is 2.12. The highest BCUT2D eigenvalue weighted by Crippen LogP contribution is 2.36. The molecule has 0 bridgehead atoms. The number of nitrogens with zero attached hydrogens (tertiary/aromatic N) is 1. The SMILES string of the molecule is CN(c1ccc2c(c1)[nH]c1ccccc12)c1ccccc1-c1ccccc1. The number of benzene rings is 4. The standard InChI is InChI=1S/C25H20N2/c1-27(25-14-8-6-11-20(25)18-9-3-2-4-10-18)19-15-16-22-21-12-5-7-13-23(21)26-24(22)17-19/h2-17,26H,1H3. The molecule has 0 radical (unpaired) electrons. The van der Waals surface area contributed by atoms with Gasteiger partial charge in [0.05, 0.1) is 0 Å². The summed E-state index contributed by atoms with van der Waals surface area (Å²) in [4.78, 5) is 5.80. The average Bonchev–Trinajstić information content (AvgIpc) is 3.11. The zero-order valence-electron chi connectivity index (χ0n) is 15.2. The van der Waals surface area contributed by atoms with Crippen LogP contribution in [0.4, 0.5) is 11.4 Å². The predicted octanol–water partition coefficient (Wildman–Crippen LogP) is 6.76. The maximum atomic E-state index is 3.54. The molecule has 0 aliphatic heterocycles. The van der Waals surface area contributed by atoms with Gasteiger partial charge in [-0.25, -0.2) is 0 Å². The number of hydrogen-bond donors (Lipinski definition) is 1. The van der Waals surface area contributed by atoms with Crippen LogP contribution in [0.2, 0.25) is 0 Å². The summed E-state index contributed by atoms with van der Waals surface area (Å²) in [6.45, 7) is 0. The van der Waals surface area contributed by atoms with E-state index >= 15 is 0 Å². The molecule has 2 nitrogen and oxygen atoms in total. The van der Waals surface area contributed by atoms with Gasteiger partial charge in [-0.05, 0) is 29.8 Å². The Balaban J connectivity index is 1.62. The van der Waals surface area contributed by atoms with Gasteiger partial charge >= 0.3 is 0 Å². The Bertz CT molecular complexity index is 1240. The van der Waals surface area contributed by atoms with Crippen LogP contribution in [-0.4, -0.2) is 12.0 Å². The molecule has 27 heavy (non-hydrogen) atoms. The van der Waals surface area contributed by atoms with Crippen molar-refractivity contribution < 1.29 is 0 Å². The molecule has 2 heteroatoms. The molecule has 0 aliphatic carbocycles. The summed E-state index contributed by atoms with van der Waals surface area (Å²) >= 11 is 0. The lowest BCUT2D eigenvalue weighted by atomic mass is 10.0. The summed E-state index contributed by atoms with van der Waals surface area (Å²) < 4.78 is 0. The van der Waals surface area contributed by atoms with Crippen LogP contribution in [0.3, 0.4) is 0 Å². The number of para-hydroxylation sites is 2. The lowest BCUT2D eigenvalue weighted by molar-refractivity contribution is 1.21. The molecule has 0 saturated heterocycles. The van der Waals surface area contributed by atoms with Crippen molar-refractivity contribution in [2.45, 2.75) is 0 Å². The Kier molecular flexibility index (Phi) is 3.68. The molecular formula is C25H20N2. The van der Waals surface area contributed by atoms with Gasteiger partial charge in [0.1, 0.15) is 0 Å². The first-order chi connectivity index (χ1) is 13.3. The van der Waals surface area contributed by atoms with Crippen LogP contribution in [0.25, 0.3) is 32.9 Å². The normalized spacial score (nSPS) is 11.1. The van der Waals surface area contributed by atoms with Gasteiger partial charge in [0.15, 0.2) is 0 Å². The molecule has 0 atom stereocenters. The van der Waals surface area contributed by atoms with Gasteiger partial charge in [-0.3, -0.25) is 0 Å². The van der Waals surface area contributed by atoms with Crippen LogP contribution in [-0.2, 0) is 0 Å². The van der Waals surface area contributed by atoms with E-state index < -0.39 is 0 Å². The molecule has 1 N–H and O–H groups in total. The van der Waals surface area contributed by atoms with Crippen LogP contribution in [0.15, 0.2) is 97.1 Å². The maximum Gasteiger partial charge on any atom is 0.0487 e. The molecule has 130 valence electrons. The Morgan fingerprint density at radius 2 is 1.33 bits per heavy atom. The molecule has 5 aromatic rings. The molecule has 0 saturated carbocycles. The van der Waals surface area contributed by atoms with E-state index in [1.807, 2.05) is 0 Å². The molecule has 0 aliphatic rings. The molecule has 5 rings (SSSR count). The number of H-pyrrole nitrogens is 1. The number of aromatic amines is 1. The lowest BCUT2D eigenvalue weighted by Gasteiger charge is -2.23. The quantitative estimate of drug-likeness (QED) is 0.382. The topological polar surface area (TPSA) is 19.0 Å². The Morgan fingerprint density at radius 3 is 2.22 bits per heavy atom. The lowest BCUT2D eigenvalue weighted by Crippen LogP contribution is -2.10. The van der Waals surface area contributed by atoms with Crippen LogP contribution < -0.4 is 4.90 Å². The van der Waals surface area contributed by atoms with Crippen molar-refractivity contribution in [3.05, 3.63) is 97.1 Å². The van der Waals surface area contributed by atoms with Crippen LogP contribution in [0.1, 0.15) is 0 Å². The predicted molar refractivity (Wildman–Crippen MR) is 116 cm³/mol. The van der Waals surface area contributed by atoms with E-state index in [1.54, 1.807) is 0 Å². The fourth-order valence-electron chi connectivity index (χ4n) is 3.82. The Hall–Kier alpha value is -3.52. The fraction of sp³-hybridized carbons (Fsp3) is 0.0400. The van der Waals surface area contributed by atoms with E-state index in [0.717, 1.165) is 11.2 Å². The monoisotopic (exact) mass is 348 g/mol. The van der Waals surface area contributed by atoms with Crippen molar-refractivity contribution in [1.82, 2.24) is 4.98 Å². The highest BCUT2D eigenvalue weighted by molar-refractivity contribution is 6.08. The molecule has 0 spiro atoms. The van der Waals surface area contributed by atoms with Gasteiger partial charge in [-0.1, -0.05) is 72.8 Å². The molecule has 4 aromatic carbocycles. The first-order valence-corrected chi connectivity index (χ1v) is 9.20. The summed E-state index contributed by atoms with van der Waals surface area (Å²) in [5, 5.41) is 2.53. The van der Waals surface area contributed by atoms with Crippen LogP contribution in [0.5, 0.6) is 0 Å². The van der Waals surface area contributed by atoms with Crippen molar-refractivity contribution in [2.24, 2.45) is 0 Å². The zero-order chi connectivity index (χ0) is 18.2. The third kappa shape index (κ3) is 2.67. The second-order valence-corrected chi connectivity index (χ2v) is 6.84. The molecule has 1 heterocycles. The number of anilines is 2. The number of hydrogen-bond acceptors (Lipinski definition) is 1. The average molecular weight is 348 g/mol. The van der Waals surface area contributed by atoms with Crippen LogP contribution in [0, 0.1) is 0 Å². The fourth-order valence-corrected chi connectivity index (χ4v) is 3.82. The maximum absolute atomic E-state index is 3.54. The highest BCUT2D eigenvalue weighted by atomic mass is 15.1. The summed E-state index contributed by atoms with van der Waals surface area (Å²) in [5.41, 5.74) is 7.16. The van der Waals surface area contributed by atoms with Gasteiger partial charge in [-0.2, -0.15) is 0 Å². The minimum Gasteiger partial charge on any atom is -0.354 e. The Labute approximate surface area is 158 Å². The third-order valence-electron chi connectivity index (χ3n) is 5.23. The second kappa shape index (κ2) is 6.33. The minimum absolute atomic E-state index is 1.16. The summed E-state index contributed by atoms with van der Waals surface area (Å²) in [6.07, 6.45) is 0. The largest absolute Gasteiger partial charge is 0.354 e. The van der Waals surface area contributed by atoms with Crippen molar-refractivity contribution >= 4 is 33.2 Å². The van der Waals surface area contributed by atoms with Gasteiger partial charge in [0.25, 0.3) is 0 Å². The molecular weight excluding hydrogens is 328 g/mol. The van der Waals surface area contributed by atoms with E-state index in [0.29, 0.717) is 0 Å². The van der Waals surface area contributed by atoms with Crippen molar-refractivity contribution in [3.63, 3.8) is 0 Å². The molecule has 1 aromatic heterocycles. The van der Waals surface area contributed by atoms with Gasteiger partial charge in [-0.15, -0.1) is 0 Å². The van der Waals surface area contributed by atoms with E-state index in [-0.39, 0.29) is 0 Å². The summed E-state index contributed by atoms with van der Waals surface area (Å²) in [5.74, 6) is 0. The molecule has 0 amide bonds. The van der Waals surface area contributed by atoms with Crippen molar-refractivity contribution in [3.8, 4) is 11.1 Å². The smallest absolute Gasteiger partial charge is 0.0487 e. The molecule has 0 fully saturated rings. The minimum atomic E-state index is 1.16. The second-order valence-electron chi connectivity index (χ2n) is 6.84. The van der Waals surface area contributed by atoms with Crippen LogP contribution >= 0.6 is 0 Å². The van der Waals surface area contributed by atoms with Crippen molar-refractivity contribution in [2.75, 3.05) is 11.9 Å².